The molecule has 0 aromatic carbocycles. The summed E-state index contributed by atoms with van der Waals surface area (Å²) in [6.07, 6.45) is 5.97. The summed E-state index contributed by atoms with van der Waals surface area (Å²) < 4.78 is 3.20. The number of carbonyl (C=O) groups is 2. The van der Waals surface area contributed by atoms with Crippen LogP contribution in [0.4, 0.5) is 0 Å². The van der Waals surface area contributed by atoms with Crippen molar-refractivity contribution in [2.24, 2.45) is 11.8 Å². The minimum absolute atomic E-state index is 0.00973. The van der Waals surface area contributed by atoms with E-state index >= 15 is 0 Å². The summed E-state index contributed by atoms with van der Waals surface area (Å²) in [7, 11) is 0. The topological polar surface area (TPSA) is 102 Å². The Morgan fingerprint density at radius 2 is 1.88 bits per heavy atom. The van der Waals surface area contributed by atoms with Crippen molar-refractivity contribution in [2.75, 3.05) is 6.54 Å². The third-order valence-corrected chi connectivity index (χ3v) is 7.54. The van der Waals surface area contributed by atoms with Crippen molar-refractivity contribution >= 4 is 33.4 Å². The maximum absolute atomic E-state index is 13.3. The molecule has 2 aromatic rings. The molecule has 0 saturated heterocycles. The molecule has 0 spiro atoms. The molecular weight excluding hydrogens is 440 g/mol. The third-order valence-electron chi connectivity index (χ3n) is 6.65. The van der Waals surface area contributed by atoms with Crippen molar-refractivity contribution in [3.63, 3.8) is 0 Å². The van der Waals surface area contributed by atoms with Gasteiger partial charge in [0.25, 0.3) is 5.56 Å². The van der Waals surface area contributed by atoms with Crippen LogP contribution in [0.1, 0.15) is 65.7 Å². The normalized spacial score (nSPS) is 19.4. The van der Waals surface area contributed by atoms with E-state index in [4.69, 9.17) is 0 Å². The second-order valence-electron chi connectivity index (χ2n) is 9.16. The number of hydrogen-bond acceptors (Lipinski definition) is 5. The fourth-order valence-corrected chi connectivity index (χ4v) is 5.25. The molecule has 8 nitrogen and oxygen atoms in total. The van der Waals surface area contributed by atoms with Gasteiger partial charge in [-0.25, -0.2) is 4.79 Å². The van der Waals surface area contributed by atoms with Gasteiger partial charge in [0.2, 0.25) is 11.8 Å². The molecule has 1 atom stereocenters. The molecule has 2 N–H and O–H groups in total. The molecule has 1 fully saturated rings. The molecule has 1 aliphatic carbocycles. The van der Waals surface area contributed by atoms with Gasteiger partial charge in [0.15, 0.2) is 0 Å². The lowest BCUT2D eigenvalue weighted by molar-refractivity contribution is -0.126. The fourth-order valence-electron chi connectivity index (χ4n) is 4.41. The van der Waals surface area contributed by atoms with Gasteiger partial charge in [-0.3, -0.25) is 23.5 Å². The van der Waals surface area contributed by atoms with Gasteiger partial charge in [-0.2, -0.15) is 0 Å². The number of hydrogen-bond donors (Lipinski definition) is 2. The van der Waals surface area contributed by atoms with E-state index in [2.05, 4.69) is 17.6 Å². The molecule has 0 aliphatic heterocycles. The predicted molar refractivity (Wildman–Crippen MR) is 132 cm³/mol. The zero-order valence-electron chi connectivity index (χ0n) is 19.9. The van der Waals surface area contributed by atoms with Gasteiger partial charge in [0, 0.05) is 25.0 Å². The van der Waals surface area contributed by atoms with Crippen LogP contribution in [0, 0.1) is 11.8 Å². The second kappa shape index (κ2) is 11.6. The quantitative estimate of drug-likeness (QED) is 0.515. The van der Waals surface area contributed by atoms with Crippen LogP contribution in [-0.4, -0.2) is 33.5 Å². The van der Waals surface area contributed by atoms with Gasteiger partial charge in [-0.1, -0.05) is 20.3 Å². The highest BCUT2D eigenvalue weighted by molar-refractivity contribution is 7.17. The SMILES string of the molecule is CCCCNC(=O)C1CCC(Cn2c(=O)c3sccc3n(CC(=O)NC(C)CC)c2=O)CC1. The van der Waals surface area contributed by atoms with Crippen LogP contribution in [-0.2, 0) is 22.7 Å². The molecule has 2 heterocycles. The van der Waals surface area contributed by atoms with E-state index in [1.807, 2.05) is 13.8 Å². The maximum atomic E-state index is 13.3. The molecule has 0 radical (unpaired) electrons. The third kappa shape index (κ3) is 6.13. The second-order valence-corrected chi connectivity index (χ2v) is 10.1. The van der Waals surface area contributed by atoms with Crippen molar-refractivity contribution in [3.8, 4) is 0 Å². The number of nitrogens with zero attached hydrogens (tertiary/aromatic N) is 2. The van der Waals surface area contributed by atoms with Crippen molar-refractivity contribution in [3.05, 3.63) is 32.3 Å². The molecular formula is C24H36N4O4S. The average molecular weight is 477 g/mol. The number of unbranched alkanes of at least 4 members (excludes halogenated alkanes) is 1. The molecule has 182 valence electrons. The molecule has 0 bridgehead atoms. The minimum atomic E-state index is -0.440. The van der Waals surface area contributed by atoms with Gasteiger partial charge < -0.3 is 10.6 Å². The van der Waals surface area contributed by atoms with Gasteiger partial charge >= 0.3 is 5.69 Å². The predicted octanol–water partition coefficient (Wildman–Crippen LogP) is 2.86. The maximum Gasteiger partial charge on any atom is 0.332 e. The van der Waals surface area contributed by atoms with Crippen LogP contribution >= 0.6 is 11.3 Å². The van der Waals surface area contributed by atoms with E-state index in [1.165, 1.54) is 20.5 Å². The van der Waals surface area contributed by atoms with E-state index < -0.39 is 5.69 Å². The number of nitrogens with one attached hydrogen (secondary N) is 2. The first kappa shape index (κ1) is 25.2. The number of carbonyl (C=O) groups excluding carboxylic acids is 2. The van der Waals surface area contributed by atoms with Gasteiger partial charge in [0.05, 0.1) is 5.52 Å². The van der Waals surface area contributed by atoms with Crippen LogP contribution in [0.5, 0.6) is 0 Å². The molecule has 1 saturated carbocycles. The largest absolute Gasteiger partial charge is 0.356 e. The van der Waals surface area contributed by atoms with E-state index in [0.29, 0.717) is 16.8 Å². The van der Waals surface area contributed by atoms with Gasteiger partial charge in [-0.05, 0) is 62.8 Å². The Kier molecular flexibility index (Phi) is 8.88. The number of thiophene rings is 1. The molecule has 9 heteroatoms. The van der Waals surface area contributed by atoms with Crippen LogP contribution in [0.2, 0.25) is 0 Å². The van der Waals surface area contributed by atoms with Crippen molar-refractivity contribution in [2.45, 2.75) is 84.8 Å². The lowest BCUT2D eigenvalue weighted by Gasteiger charge is -2.28. The first-order valence-corrected chi connectivity index (χ1v) is 13.0. The number of aromatic nitrogens is 2. The fraction of sp³-hybridized carbons (Fsp3) is 0.667. The van der Waals surface area contributed by atoms with Gasteiger partial charge in [0.1, 0.15) is 11.2 Å². The molecule has 1 unspecified atom stereocenters. The first-order valence-electron chi connectivity index (χ1n) is 12.1. The summed E-state index contributed by atoms with van der Waals surface area (Å²) in [6, 6.07) is 1.75. The van der Waals surface area contributed by atoms with Gasteiger partial charge in [-0.15, -0.1) is 11.3 Å². The summed E-state index contributed by atoms with van der Waals surface area (Å²) >= 11 is 1.29. The van der Waals surface area contributed by atoms with Crippen molar-refractivity contribution in [1.29, 1.82) is 0 Å². The monoisotopic (exact) mass is 476 g/mol. The Hall–Kier alpha value is -2.42. The summed E-state index contributed by atoms with van der Waals surface area (Å²) in [5, 5.41) is 7.68. The zero-order chi connectivity index (χ0) is 24.0. The smallest absolute Gasteiger partial charge is 0.332 e. The highest BCUT2D eigenvalue weighted by Crippen LogP contribution is 2.29. The molecule has 2 aromatic heterocycles. The van der Waals surface area contributed by atoms with Crippen LogP contribution in [0.3, 0.4) is 0 Å². The van der Waals surface area contributed by atoms with Crippen LogP contribution < -0.4 is 21.9 Å². The van der Waals surface area contributed by atoms with Crippen molar-refractivity contribution < 1.29 is 9.59 Å². The van der Waals surface area contributed by atoms with Crippen molar-refractivity contribution in [1.82, 2.24) is 19.8 Å². The Morgan fingerprint density at radius 3 is 2.55 bits per heavy atom. The van der Waals surface area contributed by atoms with Crippen LogP contribution in [0.25, 0.3) is 10.2 Å². The Bertz CT molecular complexity index is 1080. The first-order chi connectivity index (χ1) is 15.8. The Morgan fingerprint density at radius 1 is 1.15 bits per heavy atom. The molecule has 2 amide bonds. The summed E-state index contributed by atoms with van der Waals surface area (Å²) in [5.74, 6) is 0.0536. The lowest BCUT2D eigenvalue weighted by Crippen LogP contribution is -2.44. The molecule has 1 aliphatic rings. The van der Waals surface area contributed by atoms with Crippen LogP contribution in [0.15, 0.2) is 21.0 Å². The van der Waals surface area contributed by atoms with E-state index in [0.717, 1.165) is 51.5 Å². The highest BCUT2D eigenvalue weighted by atomic mass is 32.1. The highest BCUT2D eigenvalue weighted by Gasteiger charge is 2.27. The number of fused-ring (bicyclic) bond motifs is 1. The van der Waals surface area contributed by atoms with E-state index in [-0.39, 0.29) is 41.8 Å². The molecule has 33 heavy (non-hydrogen) atoms. The number of rotatable bonds is 10. The number of amides is 2. The Labute approximate surface area is 198 Å². The molecule has 3 rings (SSSR count). The lowest BCUT2D eigenvalue weighted by atomic mass is 9.81. The minimum Gasteiger partial charge on any atom is -0.356 e. The summed E-state index contributed by atoms with van der Waals surface area (Å²) in [4.78, 5) is 51.2. The summed E-state index contributed by atoms with van der Waals surface area (Å²) in [5.41, 5.74) is -0.217. The zero-order valence-corrected chi connectivity index (χ0v) is 20.7. The van der Waals surface area contributed by atoms with E-state index in [1.54, 1.807) is 11.4 Å². The standard InChI is InChI=1S/C24H36N4O4S/c1-4-6-12-25-22(30)18-9-7-17(8-10-18)14-28-23(31)21-19(11-13-33-21)27(24(28)32)15-20(29)26-16(3)5-2/h11,13,16-18H,4-10,12,14-15H2,1-3H3,(H,25,30)(H,26,29). The average Bonchev–Trinajstić information content (AvgIpc) is 3.30. The van der Waals surface area contributed by atoms with E-state index in [9.17, 15) is 19.2 Å². The Balaban J connectivity index is 1.74. The summed E-state index contributed by atoms with van der Waals surface area (Å²) in [6.45, 7) is 6.93.